The number of aromatic nitrogens is 8. The summed E-state index contributed by atoms with van der Waals surface area (Å²) in [6, 6.07) is 17.9. The molecule has 0 bridgehead atoms. The first-order chi connectivity index (χ1) is 18.7. The van der Waals surface area contributed by atoms with Crippen LogP contribution in [0.5, 0.6) is 0 Å². The number of hydrogen-bond donors (Lipinski definition) is 0. The normalized spacial score (nSPS) is 12.0. The highest BCUT2D eigenvalue weighted by Crippen LogP contribution is 2.46. The summed E-state index contributed by atoms with van der Waals surface area (Å²) in [5.74, 6) is 0.379. The summed E-state index contributed by atoms with van der Waals surface area (Å²) in [5.41, 5.74) is 2.66. The Kier molecular flexibility index (Phi) is 13.7. The summed E-state index contributed by atoms with van der Waals surface area (Å²) in [6.45, 7) is 1.86. The van der Waals surface area contributed by atoms with Gasteiger partial charge in [-0.25, -0.2) is 0 Å². The molecule has 15 heteroatoms. The zero-order chi connectivity index (χ0) is 28.7. The van der Waals surface area contributed by atoms with Gasteiger partial charge in [0.15, 0.2) is 20.6 Å². The Bertz CT molecular complexity index is 1350. The van der Waals surface area contributed by atoms with Crippen LogP contribution < -0.4 is 0 Å². The number of alkyl halides is 1. The molecule has 0 unspecified atom stereocenters. The van der Waals surface area contributed by atoms with Crippen molar-refractivity contribution in [3.05, 3.63) is 91.9 Å². The van der Waals surface area contributed by atoms with Crippen LogP contribution in [-0.4, -0.2) is 40.8 Å². The maximum Gasteiger partial charge on any atom is 0.151 e. The maximum atomic E-state index is 8.83. The van der Waals surface area contributed by atoms with E-state index in [9.17, 15) is 0 Å². The van der Waals surface area contributed by atoms with Crippen molar-refractivity contribution in [2.24, 2.45) is 0 Å². The SMILES string of the molecule is Cc1ccc(Cl)nn1.ClCc1ccc(Cl)nn1.N#CC1(c2ccc(Cl)nn2)CC1.N#CCc1ccc(Cl)nn1. The molecule has 4 heterocycles. The molecule has 0 amide bonds. The second kappa shape index (κ2) is 16.7. The standard InChI is InChI=1S/C8H6ClN3.C6H4ClN3.C5H4Cl2N2.C5H5ClN2/c9-7-2-1-6(11-12-7)8(5-10)3-4-8;7-6-2-1-5(3-4-8)9-10-6;6-3-4-1-2-5(7)9-8-4;1-4-2-3-5(6)8-7-4/h1-2H,3-4H2;1-2H,3H2;1-2H,3H2;2-3H,1H3. The first-order valence-electron chi connectivity index (χ1n) is 11.0. The van der Waals surface area contributed by atoms with Crippen molar-refractivity contribution in [3.63, 3.8) is 0 Å². The first kappa shape index (κ1) is 32.0. The van der Waals surface area contributed by atoms with E-state index in [1.807, 2.05) is 19.1 Å². The molecule has 200 valence electrons. The number of halogens is 5. The van der Waals surface area contributed by atoms with Crippen LogP contribution in [-0.2, 0) is 17.7 Å². The lowest BCUT2D eigenvalue weighted by atomic mass is 10.1. The summed E-state index contributed by atoms with van der Waals surface area (Å²) < 4.78 is 0. The zero-order valence-electron chi connectivity index (χ0n) is 20.3. The molecule has 0 spiro atoms. The minimum Gasteiger partial charge on any atom is -0.198 e. The van der Waals surface area contributed by atoms with Gasteiger partial charge < -0.3 is 0 Å². The number of rotatable bonds is 3. The van der Waals surface area contributed by atoms with Crippen LogP contribution in [0.1, 0.15) is 35.6 Å². The minimum atomic E-state index is -0.350. The van der Waals surface area contributed by atoms with E-state index in [0.717, 1.165) is 29.9 Å². The summed E-state index contributed by atoms with van der Waals surface area (Å²) in [5, 5.41) is 48.0. The second-order valence-corrected chi connectivity index (χ2v) is 9.41. The van der Waals surface area contributed by atoms with E-state index < -0.39 is 0 Å². The largest absolute Gasteiger partial charge is 0.198 e. The number of nitrogens with zero attached hydrogens (tertiary/aromatic N) is 10. The Labute approximate surface area is 249 Å². The van der Waals surface area contributed by atoms with Crippen molar-refractivity contribution in [1.29, 1.82) is 10.5 Å². The molecule has 0 aliphatic heterocycles. The molecule has 39 heavy (non-hydrogen) atoms. The summed E-state index contributed by atoms with van der Waals surface area (Å²) in [7, 11) is 0. The minimum absolute atomic E-state index is 0.282. The fourth-order valence-corrected chi connectivity index (χ4v) is 2.98. The molecule has 1 aliphatic rings. The first-order valence-corrected chi connectivity index (χ1v) is 13.0. The molecule has 0 saturated heterocycles. The molecule has 0 aromatic carbocycles. The van der Waals surface area contributed by atoms with E-state index in [1.165, 1.54) is 0 Å². The quantitative estimate of drug-likeness (QED) is 0.241. The molecule has 0 atom stereocenters. The third-order valence-electron chi connectivity index (χ3n) is 4.62. The van der Waals surface area contributed by atoms with Crippen LogP contribution in [0, 0.1) is 29.6 Å². The fourth-order valence-electron chi connectivity index (χ4n) is 2.44. The number of hydrogen-bond acceptors (Lipinski definition) is 10. The van der Waals surface area contributed by atoms with Crippen molar-refractivity contribution in [2.45, 2.75) is 37.5 Å². The molecule has 4 aromatic heterocycles. The van der Waals surface area contributed by atoms with Crippen molar-refractivity contribution in [3.8, 4) is 12.1 Å². The molecule has 0 radical (unpaired) electrons. The van der Waals surface area contributed by atoms with Gasteiger partial charge in [0.25, 0.3) is 0 Å². The maximum absolute atomic E-state index is 8.83. The lowest BCUT2D eigenvalue weighted by Gasteiger charge is -2.01. The topological polar surface area (TPSA) is 151 Å². The Morgan fingerprint density at radius 2 is 1.15 bits per heavy atom. The van der Waals surface area contributed by atoms with Crippen molar-refractivity contribution >= 4 is 58.0 Å². The molecule has 1 saturated carbocycles. The van der Waals surface area contributed by atoms with Crippen LogP contribution in [0.4, 0.5) is 0 Å². The van der Waals surface area contributed by atoms with E-state index in [2.05, 4.69) is 46.9 Å². The van der Waals surface area contributed by atoms with Gasteiger partial charge >= 0.3 is 0 Å². The zero-order valence-corrected chi connectivity index (χ0v) is 24.1. The predicted molar refractivity (Wildman–Crippen MR) is 148 cm³/mol. The predicted octanol–water partition coefficient (Wildman–Crippen LogP) is 6.19. The summed E-state index contributed by atoms with van der Waals surface area (Å²) in [4.78, 5) is 0. The second-order valence-electron chi connectivity index (χ2n) is 7.60. The van der Waals surface area contributed by atoms with E-state index in [1.54, 1.807) is 42.5 Å². The molecule has 5 rings (SSSR count). The summed E-state index contributed by atoms with van der Waals surface area (Å²) >= 11 is 27.3. The highest BCUT2D eigenvalue weighted by molar-refractivity contribution is 6.30. The van der Waals surface area contributed by atoms with E-state index in [4.69, 9.17) is 68.5 Å². The van der Waals surface area contributed by atoms with Gasteiger partial charge in [-0.15, -0.1) is 32.0 Å². The molecule has 4 aromatic rings. The molecular weight excluding hydrogens is 606 g/mol. The highest BCUT2D eigenvalue weighted by atomic mass is 35.5. The van der Waals surface area contributed by atoms with Gasteiger partial charge in [-0.1, -0.05) is 46.4 Å². The smallest absolute Gasteiger partial charge is 0.151 e. The van der Waals surface area contributed by atoms with Gasteiger partial charge in [-0.2, -0.15) is 30.9 Å². The van der Waals surface area contributed by atoms with Gasteiger partial charge in [0, 0.05) is 0 Å². The Morgan fingerprint density at radius 3 is 1.49 bits per heavy atom. The van der Waals surface area contributed by atoms with E-state index in [-0.39, 0.29) is 11.8 Å². The average Bonchev–Trinajstić information content (AvgIpc) is 3.75. The van der Waals surface area contributed by atoms with Gasteiger partial charge in [-0.05, 0) is 68.3 Å². The van der Waals surface area contributed by atoms with Gasteiger partial charge in [0.05, 0.1) is 47.2 Å². The van der Waals surface area contributed by atoms with Crippen LogP contribution in [0.25, 0.3) is 0 Å². The molecule has 1 aliphatic carbocycles. The molecule has 0 N–H and O–H groups in total. The highest BCUT2D eigenvalue weighted by Gasteiger charge is 2.46. The lowest BCUT2D eigenvalue weighted by molar-refractivity contribution is 0.807. The third kappa shape index (κ3) is 12.0. The molecule has 10 nitrogen and oxygen atoms in total. The Hall–Kier alpha value is -3.25. The fraction of sp³-hybridized carbons (Fsp3) is 0.250. The Morgan fingerprint density at radius 1 is 0.667 bits per heavy atom. The Balaban J connectivity index is 0.000000185. The average molecular weight is 625 g/mol. The number of nitriles is 2. The van der Waals surface area contributed by atoms with E-state index >= 15 is 0 Å². The third-order valence-corrected chi connectivity index (χ3v) is 5.70. The van der Waals surface area contributed by atoms with Crippen LogP contribution >= 0.6 is 58.0 Å². The molecule has 1 fully saturated rings. The van der Waals surface area contributed by atoms with Crippen molar-refractivity contribution in [1.82, 2.24) is 40.8 Å². The summed E-state index contributed by atoms with van der Waals surface area (Å²) in [6.07, 6.45) is 2.06. The number of aryl methyl sites for hydroxylation is 1. The van der Waals surface area contributed by atoms with Gasteiger partial charge in [0.1, 0.15) is 5.41 Å². The van der Waals surface area contributed by atoms with Crippen LogP contribution in [0.2, 0.25) is 20.6 Å². The lowest BCUT2D eigenvalue weighted by Crippen LogP contribution is -2.06. The van der Waals surface area contributed by atoms with Gasteiger partial charge in [-0.3, -0.25) is 0 Å². The molecular formula is C24H19Cl5N10. The van der Waals surface area contributed by atoms with Crippen molar-refractivity contribution < 1.29 is 0 Å². The van der Waals surface area contributed by atoms with E-state index in [0.29, 0.717) is 32.2 Å². The monoisotopic (exact) mass is 622 g/mol. The van der Waals surface area contributed by atoms with Crippen LogP contribution in [0.15, 0.2) is 48.5 Å². The van der Waals surface area contributed by atoms with Gasteiger partial charge in [0.2, 0.25) is 0 Å². The van der Waals surface area contributed by atoms with Crippen molar-refractivity contribution in [2.75, 3.05) is 0 Å². The van der Waals surface area contributed by atoms with Crippen LogP contribution in [0.3, 0.4) is 0 Å².